The van der Waals surface area contributed by atoms with Gasteiger partial charge in [-0.3, -0.25) is 14.9 Å². The number of non-ortho nitro benzene ring substituents is 1. The summed E-state index contributed by atoms with van der Waals surface area (Å²) in [5, 5.41) is 13.8. The minimum atomic E-state index is -0.756. The molecule has 0 saturated carbocycles. The van der Waals surface area contributed by atoms with E-state index in [1.165, 1.54) is 19.2 Å². The van der Waals surface area contributed by atoms with Crippen molar-refractivity contribution in [3.63, 3.8) is 0 Å². The van der Waals surface area contributed by atoms with Gasteiger partial charge in [0.05, 0.1) is 17.7 Å². The van der Waals surface area contributed by atoms with Crippen molar-refractivity contribution in [1.82, 2.24) is 0 Å². The number of hydrogen-bond acceptors (Lipinski definition) is 7. The molecule has 0 aliphatic carbocycles. The van der Waals surface area contributed by atoms with Crippen molar-refractivity contribution >= 4 is 34.9 Å². The predicted molar refractivity (Wildman–Crippen MR) is 101 cm³/mol. The van der Waals surface area contributed by atoms with Crippen LogP contribution in [0.15, 0.2) is 36.4 Å². The number of benzene rings is 2. The van der Waals surface area contributed by atoms with Gasteiger partial charge in [0.15, 0.2) is 13.2 Å². The van der Waals surface area contributed by atoms with Crippen LogP contribution in [0, 0.1) is 17.0 Å². The van der Waals surface area contributed by atoms with Crippen molar-refractivity contribution in [2.45, 2.75) is 6.92 Å². The molecule has 2 aromatic carbocycles. The van der Waals surface area contributed by atoms with Crippen molar-refractivity contribution in [1.29, 1.82) is 0 Å². The third-order valence-electron chi connectivity index (χ3n) is 3.52. The molecule has 0 spiro atoms. The van der Waals surface area contributed by atoms with E-state index in [9.17, 15) is 19.7 Å². The number of amides is 1. The monoisotopic (exact) mass is 408 g/mol. The van der Waals surface area contributed by atoms with Crippen LogP contribution in [0.4, 0.5) is 11.4 Å². The van der Waals surface area contributed by atoms with Gasteiger partial charge in [-0.15, -0.1) is 0 Å². The van der Waals surface area contributed by atoms with Crippen LogP contribution in [-0.2, 0) is 14.3 Å². The molecular weight excluding hydrogens is 392 g/mol. The zero-order chi connectivity index (χ0) is 20.7. The van der Waals surface area contributed by atoms with Gasteiger partial charge in [0.1, 0.15) is 11.5 Å². The third-order valence-corrected chi connectivity index (χ3v) is 3.94. The maximum Gasteiger partial charge on any atom is 0.344 e. The summed E-state index contributed by atoms with van der Waals surface area (Å²) in [6.45, 7) is 0.808. The molecule has 9 nitrogen and oxygen atoms in total. The number of esters is 1. The molecule has 148 valence electrons. The van der Waals surface area contributed by atoms with Crippen molar-refractivity contribution in [3.05, 3.63) is 57.1 Å². The fraction of sp³-hybridized carbons (Fsp3) is 0.222. The molecule has 0 aliphatic rings. The van der Waals surface area contributed by atoms with E-state index in [1.54, 1.807) is 25.1 Å². The van der Waals surface area contributed by atoms with Crippen molar-refractivity contribution < 1.29 is 28.7 Å². The van der Waals surface area contributed by atoms with Crippen LogP contribution in [0.25, 0.3) is 0 Å². The second-order valence-corrected chi connectivity index (χ2v) is 5.96. The SMILES string of the molecule is COc1ccc([N+](=O)[O-])cc1NC(=O)COC(=O)COc1ccc(Cl)c(C)c1. The van der Waals surface area contributed by atoms with Crippen molar-refractivity contribution in [2.24, 2.45) is 0 Å². The lowest BCUT2D eigenvalue weighted by molar-refractivity contribution is -0.384. The normalized spacial score (nSPS) is 10.1. The van der Waals surface area contributed by atoms with Crippen LogP contribution in [0.1, 0.15) is 5.56 Å². The van der Waals surface area contributed by atoms with Crippen LogP contribution in [0.5, 0.6) is 11.5 Å². The molecule has 2 rings (SSSR count). The Bertz CT molecular complexity index is 901. The summed E-state index contributed by atoms with van der Waals surface area (Å²) >= 11 is 5.91. The number of carbonyl (C=O) groups excluding carboxylic acids is 2. The average Bonchev–Trinajstić information content (AvgIpc) is 2.67. The molecule has 0 heterocycles. The molecule has 1 amide bonds. The number of nitro groups is 1. The van der Waals surface area contributed by atoms with E-state index >= 15 is 0 Å². The zero-order valence-electron chi connectivity index (χ0n) is 15.1. The van der Waals surface area contributed by atoms with E-state index in [2.05, 4.69) is 5.32 Å². The largest absolute Gasteiger partial charge is 0.495 e. The Morgan fingerprint density at radius 2 is 1.93 bits per heavy atom. The molecule has 0 unspecified atom stereocenters. The summed E-state index contributed by atoms with van der Waals surface area (Å²) < 4.78 is 15.1. The highest BCUT2D eigenvalue weighted by molar-refractivity contribution is 6.31. The van der Waals surface area contributed by atoms with Gasteiger partial charge >= 0.3 is 5.97 Å². The van der Waals surface area contributed by atoms with Gasteiger partial charge in [0, 0.05) is 17.2 Å². The summed E-state index contributed by atoms with van der Waals surface area (Å²) in [4.78, 5) is 33.9. The van der Waals surface area contributed by atoms with Gasteiger partial charge in [-0.05, 0) is 36.8 Å². The summed E-state index contributed by atoms with van der Waals surface area (Å²) in [5.74, 6) is -0.778. The number of nitrogens with one attached hydrogen (secondary N) is 1. The number of anilines is 1. The molecule has 2 aromatic rings. The molecule has 0 atom stereocenters. The molecule has 10 heteroatoms. The summed E-state index contributed by atoms with van der Waals surface area (Å²) in [6.07, 6.45) is 0. The Hall–Kier alpha value is -3.33. The van der Waals surface area contributed by atoms with E-state index in [1.807, 2.05) is 0 Å². The number of halogens is 1. The molecule has 1 N–H and O–H groups in total. The smallest absolute Gasteiger partial charge is 0.344 e. The van der Waals surface area contributed by atoms with Gasteiger partial charge in [-0.25, -0.2) is 4.79 Å². The van der Waals surface area contributed by atoms with Gasteiger partial charge in [-0.1, -0.05) is 11.6 Å². The quantitative estimate of drug-likeness (QED) is 0.405. The number of aryl methyl sites for hydroxylation is 1. The zero-order valence-corrected chi connectivity index (χ0v) is 15.8. The summed E-state index contributed by atoms with van der Waals surface area (Å²) in [6, 6.07) is 8.63. The number of nitrogens with zero attached hydrogens (tertiary/aromatic N) is 1. The highest BCUT2D eigenvalue weighted by atomic mass is 35.5. The number of nitro benzene ring substituents is 1. The highest BCUT2D eigenvalue weighted by Crippen LogP contribution is 2.28. The Balaban J connectivity index is 1.86. The number of rotatable bonds is 8. The third kappa shape index (κ3) is 5.85. The van der Waals surface area contributed by atoms with Crippen LogP contribution >= 0.6 is 11.6 Å². The van der Waals surface area contributed by atoms with E-state index in [0.717, 1.165) is 11.6 Å². The fourth-order valence-corrected chi connectivity index (χ4v) is 2.25. The summed E-state index contributed by atoms with van der Waals surface area (Å²) in [7, 11) is 1.35. The van der Waals surface area contributed by atoms with Gasteiger partial charge in [0.25, 0.3) is 11.6 Å². The number of methoxy groups -OCH3 is 1. The highest BCUT2D eigenvalue weighted by Gasteiger charge is 2.15. The lowest BCUT2D eigenvalue weighted by Crippen LogP contribution is -2.24. The minimum absolute atomic E-state index is 0.0886. The number of hydrogen-bond donors (Lipinski definition) is 1. The number of carbonyl (C=O) groups is 2. The van der Waals surface area contributed by atoms with E-state index in [0.29, 0.717) is 10.8 Å². The molecule has 0 aromatic heterocycles. The van der Waals surface area contributed by atoms with Crippen LogP contribution in [0.2, 0.25) is 5.02 Å². The molecule has 28 heavy (non-hydrogen) atoms. The maximum absolute atomic E-state index is 12.0. The standard InChI is InChI=1S/C18H17ClN2O7/c1-11-7-13(4-5-14(11)19)27-10-18(23)28-9-17(22)20-15-8-12(21(24)25)3-6-16(15)26-2/h3-8H,9-10H2,1-2H3,(H,20,22). The Labute approximate surface area is 165 Å². The second-order valence-electron chi connectivity index (χ2n) is 5.55. The first-order chi connectivity index (χ1) is 13.3. The Kier molecular flexibility index (Phi) is 7.16. The molecule has 0 bridgehead atoms. The Morgan fingerprint density at radius 3 is 2.57 bits per heavy atom. The maximum atomic E-state index is 12.0. The first kappa shape index (κ1) is 21.0. The first-order valence-electron chi connectivity index (χ1n) is 7.97. The minimum Gasteiger partial charge on any atom is -0.495 e. The van der Waals surface area contributed by atoms with Crippen LogP contribution < -0.4 is 14.8 Å². The van der Waals surface area contributed by atoms with Crippen molar-refractivity contribution in [2.75, 3.05) is 25.6 Å². The lowest BCUT2D eigenvalue weighted by atomic mass is 10.2. The van der Waals surface area contributed by atoms with Crippen LogP contribution in [-0.4, -0.2) is 37.1 Å². The average molecular weight is 409 g/mol. The van der Waals surface area contributed by atoms with Gasteiger partial charge < -0.3 is 19.5 Å². The molecule has 0 radical (unpaired) electrons. The van der Waals surface area contributed by atoms with E-state index < -0.39 is 30.0 Å². The van der Waals surface area contributed by atoms with Gasteiger partial charge in [0.2, 0.25) is 0 Å². The van der Waals surface area contributed by atoms with Gasteiger partial charge in [-0.2, -0.15) is 0 Å². The lowest BCUT2D eigenvalue weighted by Gasteiger charge is -2.11. The number of ether oxygens (including phenoxy) is 3. The summed E-state index contributed by atoms with van der Waals surface area (Å²) in [5.41, 5.74) is 0.656. The molecule has 0 fully saturated rings. The van der Waals surface area contributed by atoms with E-state index in [4.69, 9.17) is 25.8 Å². The fourth-order valence-electron chi connectivity index (χ4n) is 2.13. The molecule has 0 aliphatic heterocycles. The Morgan fingerprint density at radius 1 is 1.18 bits per heavy atom. The van der Waals surface area contributed by atoms with E-state index in [-0.39, 0.29) is 17.1 Å². The predicted octanol–water partition coefficient (Wildman–Crippen LogP) is 3.13. The second kappa shape index (κ2) is 9.56. The van der Waals surface area contributed by atoms with Crippen molar-refractivity contribution in [3.8, 4) is 11.5 Å². The molecule has 0 saturated heterocycles. The molecular formula is C18H17ClN2O7. The first-order valence-corrected chi connectivity index (χ1v) is 8.35. The van der Waals surface area contributed by atoms with Crippen LogP contribution in [0.3, 0.4) is 0 Å². The topological polar surface area (TPSA) is 117 Å².